The van der Waals surface area contributed by atoms with E-state index in [9.17, 15) is 19.2 Å². The van der Waals surface area contributed by atoms with Crippen LogP contribution in [-0.2, 0) is 23.9 Å². The summed E-state index contributed by atoms with van der Waals surface area (Å²) in [5, 5.41) is 5.47. The molecule has 2 unspecified atom stereocenters. The number of carbonyl (C=O) groups excluding carboxylic acids is 4. The van der Waals surface area contributed by atoms with Gasteiger partial charge in [0.25, 0.3) is 0 Å². The highest BCUT2D eigenvalue weighted by atomic mass is 32.2. The molecule has 0 saturated heterocycles. The Kier molecular flexibility index (Phi) is 13.4. The Labute approximate surface area is 219 Å². The van der Waals surface area contributed by atoms with E-state index in [2.05, 4.69) is 10.6 Å². The number of hydrogen-bond donors (Lipinski definition) is 2. The Balaban J connectivity index is 3.26. The summed E-state index contributed by atoms with van der Waals surface area (Å²) in [7, 11) is 0. The van der Waals surface area contributed by atoms with E-state index in [1.807, 2.05) is 26.2 Å². The Hall–Kier alpha value is -2.75. The van der Waals surface area contributed by atoms with Crippen LogP contribution < -0.4 is 10.6 Å². The quantitative estimate of drug-likeness (QED) is 0.379. The molecule has 202 valence electrons. The minimum absolute atomic E-state index is 0.0211. The Morgan fingerprint density at radius 1 is 1.08 bits per heavy atom. The van der Waals surface area contributed by atoms with Crippen molar-refractivity contribution >= 4 is 35.6 Å². The Morgan fingerprint density at radius 2 is 1.72 bits per heavy atom. The number of hydrogen-bond acceptors (Lipinski definition) is 7. The van der Waals surface area contributed by atoms with Crippen molar-refractivity contribution in [2.75, 3.05) is 25.2 Å². The van der Waals surface area contributed by atoms with Crippen LogP contribution in [0.1, 0.15) is 66.0 Å². The van der Waals surface area contributed by atoms with Gasteiger partial charge in [0.2, 0.25) is 11.8 Å². The van der Waals surface area contributed by atoms with Crippen LogP contribution in [0.2, 0.25) is 0 Å². The van der Waals surface area contributed by atoms with Gasteiger partial charge in [0.1, 0.15) is 17.7 Å². The summed E-state index contributed by atoms with van der Waals surface area (Å²) in [5.41, 5.74) is -0.102. The van der Waals surface area contributed by atoms with Gasteiger partial charge >= 0.3 is 12.1 Å². The average molecular weight is 524 g/mol. The third kappa shape index (κ3) is 10.9. The van der Waals surface area contributed by atoms with E-state index >= 15 is 0 Å². The molecule has 9 nitrogen and oxygen atoms in total. The van der Waals surface area contributed by atoms with Gasteiger partial charge in [-0.25, -0.2) is 4.79 Å². The molecule has 3 amide bonds. The number of nitrogens with zero attached hydrogens (tertiary/aromatic N) is 1. The first-order valence-electron chi connectivity index (χ1n) is 12.2. The van der Waals surface area contributed by atoms with E-state index in [1.165, 1.54) is 4.90 Å². The highest BCUT2D eigenvalue weighted by molar-refractivity contribution is 7.98. The van der Waals surface area contributed by atoms with E-state index in [4.69, 9.17) is 9.47 Å². The lowest BCUT2D eigenvalue weighted by molar-refractivity contribution is -0.145. The molecular formula is C26H41N3O6S. The van der Waals surface area contributed by atoms with E-state index in [1.54, 1.807) is 63.7 Å². The number of carbonyl (C=O) groups is 4. The second-order valence-corrected chi connectivity index (χ2v) is 10.5. The second-order valence-electron chi connectivity index (χ2n) is 9.48. The highest BCUT2D eigenvalue weighted by Gasteiger charge is 2.37. The topological polar surface area (TPSA) is 114 Å². The Morgan fingerprint density at radius 3 is 2.25 bits per heavy atom. The molecular weight excluding hydrogens is 482 g/mol. The number of thioether (sulfide) groups is 1. The SMILES string of the molecule is CCOC(=O)CCNC(=O)C(c1ccccc1)N(C(=O)C(CCSC)NC(=O)OC(C)(C)C)C(C)C. The maximum atomic E-state index is 13.9. The van der Waals surface area contributed by atoms with Crippen molar-refractivity contribution in [2.24, 2.45) is 0 Å². The molecule has 36 heavy (non-hydrogen) atoms. The van der Waals surface area contributed by atoms with Crippen LogP contribution in [0.5, 0.6) is 0 Å². The highest BCUT2D eigenvalue weighted by Crippen LogP contribution is 2.25. The van der Waals surface area contributed by atoms with Gasteiger partial charge in [-0.15, -0.1) is 0 Å². The maximum Gasteiger partial charge on any atom is 0.408 e. The summed E-state index contributed by atoms with van der Waals surface area (Å²) in [5.74, 6) is -0.600. The minimum atomic E-state index is -0.960. The van der Waals surface area contributed by atoms with Crippen molar-refractivity contribution in [1.29, 1.82) is 0 Å². The number of esters is 1. The summed E-state index contributed by atoms with van der Waals surface area (Å²) >= 11 is 1.55. The predicted octanol–water partition coefficient (Wildman–Crippen LogP) is 3.68. The second kappa shape index (κ2) is 15.4. The molecule has 0 aliphatic heterocycles. The van der Waals surface area contributed by atoms with E-state index in [0.29, 0.717) is 17.7 Å². The van der Waals surface area contributed by atoms with Crippen LogP contribution in [0.3, 0.4) is 0 Å². The molecule has 2 atom stereocenters. The number of alkyl carbamates (subject to hydrolysis) is 1. The molecule has 0 aromatic heterocycles. The summed E-state index contributed by atoms with van der Waals surface area (Å²) in [4.78, 5) is 53.0. The van der Waals surface area contributed by atoms with Crippen LogP contribution in [0.25, 0.3) is 0 Å². The monoisotopic (exact) mass is 523 g/mol. The van der Waals surface area contributed by atoms with E-state index in [0.717, 1.165) is 0 Å². The van der Waals surface area contributed by atoms with Crippen molar-refractivity contribution in [3.05, 3.63) is 35.9 Å². The number of rotatable bonds is 13. The third-order valence-electron chi connectivity index (χ3n) is 4.99. The number of amides is 3. The van der Waals surface area contributed by atoms with E-state index < -0.39 is 35.7 Å². The molecule has 0 saturated carbocycles. The summed E-state index contributed by atoms with van der Waals surface area (Å²) < 4.78 is 10.3. The fourth-order valence-electron chi connectivity index (χ4n) is 3.49. The summed E-state index contributed by atoms with van der Waals surface area (Å²) in [6.45, 7) is 10.9. The number of benzene rings is 1. The molecule has 0 spiro atoms. The molecule has 1 aromatic rings. The lowest BCUT2D eigenvalue weighted by Crippen LogP contribution is -2.55. The van der Waals surface area contributed by atoms with Crippen LogP contribution in [0.15, 0.2) is 30.3 Å². The standard InChI is InChI=1S/C26H41N3O6S/c1-8-34-21(30)14-16-27-23(31)22(19-12-10-9-11-13-19)29(18(2)3)24(32)20(15-17-36-7)28-25(33)35-26(4,5)6/h9-13,18,20,22H,8,14-17H2,1-7H3,(H,27,31)(H,28,33). The van der Waals surface area contributed by atoms with Crippen LogP contribution in [0, 0.1) is 0 Å². The van der Waals surface area contributed by atoms with Crippen molar-refractivity contribution in [1.82, 2.24) is 15.5 Å². The van der Waals surface area contributed by atoms with Gasteiger partial charge in [0, 0.05) is 12.6 Å². The number of nitrogens with one attached hydrogen (secondary N) is 2. The van der Waals surface area contributed by atoms with Gasteiger partial charge in [-0.3, -0.25) is 14.4 Å². The molecule has 1 rings (SSSR count). The average Bonchev–Trinajstić information content (AvgIpc) is 2.78. The molecule has 0 aliphatic rings. The molecule has 10 heteroatoms. The summed E-state index contributed by atoms with van der Waals surface area (Å²) in [6, 6.07) is 6.75. The number of ether oxygens (including phenoxy) is 2. The minimum Gasteiger partial charge on any atom is -0.466 e. The molecule has 0 heterocycles. The third-order valence-corrected chi connectivity index (χ3v) is 5.63. The van der Waals surface area contributed by atoms with Crippen LogP contribution in [0.4, 0.5) is 4.79 Å². The fraction of sp³-hybridized carbons (Fsp3) is 0.615. The van der Waals surface area contributed by atoms with Crippen molar-refractivity contribution in [3.63, 3.8) is 0 Å². The molecule has 0 aliphatic carbocycles. The molecule has 0 radical (unpaired) electrons. The molecule has 2 N–H and O–H groups in total. The zero-order chi connectivity index (χ0) is 27.3. The molecule has 0 fully saturated rings. The first-order valence-corrected chi connectivity index (χ1v) is 13.6. The normalized spacial score (nSPS) is 12.9. The predicted molar refractivity (Wildman–Crippen MR) is 142 cm³/mol. The van der Waals surface area contributed by atoms with Crippen LogP contribution in [-0.4, -0.2) is 71.6 Å². The lowest BCUT2D eigenvalue weighted by Gasteiger charge is -2.37. The van der Waals surface area contributed by atoms with Gasteiger partial charge < -0.3 is 25.0 Å². The first kappa shape index (κ1) is 31.3. The smallest absolute Gasteiger partial charge is 0.408 e. The van der Waals surface area contributed by atoms with Gasteiger partial charge in [-0.05, 0) is 65.5 Å². The zero-order valence-corrected chi connectivity index (χ0v) is 23.3. The van der Waals surface area contributed by atoms with E-state index in [-0.39, 0.29) is 31.5 Å². The zero-order valence-electron chi connectivity index (χ0n) is 22.5. The fourth-order valence-corrected chi connectivity index (χ4v) is 3.97. The van der Waals surface area contributed by atoms with Crippen LogP contribution >= 0.6 is 11.8 Å². The maximum absolute atomic E-state index is 13.9. The first-order chi connectivity index (χ1) is 16.9. The van der Waals surface area contributed by atoms with Gasteiger partial charge in [0.15, 0.2) is 0 Å². The molecule has 1 aromatic carbocycles. The Bertz CT molecular complexity index is 857. The lowest BCUT2D eigenvalue weighted by atomic mass is 10.0. The molecule has 0 bridgehead atoms. The summed E-state index contributed by atoms with van der Waals surface area (Å²) in [6.07, 6.45) is 1.61. The van der Waals surface area contributed by atoms with Crippen molar-refractivity contribution in [2.45, 2.75) is 78.1 Å². The van der Waals surface area contributed by atoms with Gasteiger partial charge in [0.05, 0.1) is 13.0 Å². The largest absolute Gasteiger partial charge is 0.466 e. The van der Waals surface area contributed by atoms with Gasteiger partial charge in [-0.1, -0.05) is 30.3 Å². The van der Waals surface area contributed by atoms with Gasteiger partial charge in [-0.2, -0.15) is 11.8 Å². The van der Waals surface area contributed by atoms with Crippen molar-refractivity contribution in [3.8, 4) is 0 Å². The van der Waals surface area contributed by atoms with Crippen molar-refractivity contribution < 1.29 is 28.7 Å².